The zero-order valence-electron chi connectivity index (χ0n) is 47.6. The summed E-state index contributed by atoms with van der Waals surface area (Å²) >= 11 is 0. The molecule has 10 heterocycles. The summed E-state index contributed by atoms with van der Waals surface area (Å²) in [5.74, 6) is -0.437. The van der Waals surface area contributed by atoms with Gasteiger partial charge in [0.05, 0.1) is 105 Å². The van der Waals surface area contributed by atoms with Crippen LogP contribution in [0.4, 0.5) is 11.4 Å². The first-order valence-corrected chi connectivity index (χ1v) is 30.0. The lowest BCUT2D eigenvalue weighted by Crippen LogP contribution is -2.70. The molecule has 8 aliphatic heterocycles. The van der Waals surface area contributed by atoms with Crippen molar-refractivity contribution in [1.29, 1.82) is 0 Å². The van der Waals surface area contributed by atoms with Crippen molar-refractivity contribution < 1.29 is 38.1 Å². The molecule has 0 spiro atoms. The Morgan fingerprint density at radius 3 is 2.42 bits per heavy atom. The van der Waals surface area contributed by atoms with E-state index in [0.717, 1.165) is 109 Å². The Hall–Kier alpha value is -4.70. The van der Waals surface area contributed by atoms with Crippen LogP contribution in [0.1, 0.15) is 90.0 Å². The summed E-state index contributed by atoms with van der Waals surface area (Å²) in [5.41, 5.74) is 9.89. The van der Waals surface area contributed by atoms with Crippen molar-refractivity contribution >= 4 is 46.3 Å². The number of nitrogens with one attached hydrogen (secondary N) is 2. The van der Waals surface area contributed by atoms with Crippen LogP contribution in [0, 0.1) is 17.3 Å². The molecule has 2 N–H and O–H groups in total. The molecule has 8 bridgehead atoms. The standard InChI is InChI=1S/C60H87N11O8/c1-7-70-50-16-15-43-29-46(50)48(55(70)47-30-44(32-61-52(47)40(3)75-6)65-21-19-64(20-22-65)42-13-14-42)31-60(4,5)37-79-59(74)49-12-10-18-71(63-49)58(73)53(56(66-23-26-76-27-24-66)51-34-67(43)25-28-78-51)62-57(72)54-39(2)41-11-8-9-17-68(54)38-69(33-41)45-35-77-36-45/h7,15-16,29-30,32,39-42,45,49,51,53-54,56,63H,1,8-14,17-28,31,33-38H2,2-6H3,(H,62,72)/t39?,40-,41?,49-,51+,53-,54-,56+/m0/s1. The highest BCUT2D eigenvalue weighted by molar-refractivity contribution is 5.97. The second kappa shape index (κ2) is 23.3. The summed E-state index contributed by atoms with van der Waals surface area (Å²) in [6.45, 7) is 25.0. The number of esters is 1. The number of fused-ring (bicyclic) bond motifs is 9. The first-order chi connectivity index (χ1) is 38.4. The zero-order chi connectivity index (χ0) is 54.5. The van der Waals surface area contributed by atoms with E-state index in [1.54, 1.807) is 12.1 Å². The Balaban J connectivity index is 0.948. The van der Waals surface area contributed by atoms with Gasteiger partial charge in [-0.15, -0.1) is 0 Å². The lowest BCUT2D eigenvalue weighted by atomic mass is 9.81. The Morgan fingerprint density at radius 2 is 1.67 bits per heavy atom. The summed E-state index contributed by atoms with van der Waals surface area (Å²) in [4.78, 5) is 65.8. The van der Waals surface area contributed by atoms with E-state index in [-0.39, 0.29) is 30.4 Å². The number of anilines is 2. The Bertz CT molecular complexity index is 2700. The average Bonchev–Trinajstić information content (AvgIpc) is 4.47. The molecule has 9 aliphatic rings. The van der Waals surface area contributed by atoms with Crippen molar-refractivity contribution in [3.63, 3.8) is 0 Å². The molecule has 3 unspecified atom stereocenters. The number of amides is 2. The molecule has 3 aromatic rings. The Morgan fingerprint density at radius 1 is 0.861 bits per heavy atom. The number of nitrogens with zero attached hydrogens (tertiary/aromatic N) is 9. The van der Waals surface area contributed by atoms with Crippen LogP contribution in [0.15, 0.2) is 37.0 Å². The third-order valence-corrected chi connectivity index (χ3v) is 19.3. The molecule has 2 aromatic heterocycles. The monoisotopic (exact) mass is 1090 g/mol. The number of benzene rings is 1. The summed E-state index contributed by atoms with van der Waals surface area (Å²) in [6, 6.07) is 7.33. The molecule has 9 atom stereocenters. The maximum atomic E-state index is 15.8. The fraction of sp³-hybridized carbons (Fsp3) is 0.700. The van der Waals surface area contributed by atoms with Crippen molar-refractivity contribution in [3.05, 3.63) is 48.3 Å². The number of piperazine rings is 1. The number of pyridine rings is 1. The van der Waals surface area contributed by atoms with E-state index in [0.29, 0.717) is 104 Å². The van der Waals surface area contributed by atoms with Gasteiger partial charge in [0.15, 0.2) is 0 Å². The molecule has 7 saturated heterocycles. The van der Waals surface area contributed by atoms with Crippen molar-refractivity contribution in [2.75, 3.05) is 135 Å². The normalized spacial score (nSPS) is 31.4. The molecule has 0 radical (unpaired) electrons. The van der Waals surface area contributed by atoms with Gasteiger partial charge in [-0.05, 0) is 93.5 Å². The van der Waals surface area contributed by atoms with Gasteiger partial charge in [-0.1, -0.05) is 33.8 Å². The highest BCUT2D eigenvalue weighted by atomic mass is 16.5. The van der Waals surface area contributed by atoms with E-state index < -0.39 is 41.7 Å². The number of rotatable bonds is 10. The number of carbonyl (C=O) groups is 3. The highest BCUT2D eigenvalue weighted by Crippen LogP contribution is 2.44. The van der Waals surface area contributed by atoms with Crippen LogP contribution < -0.4 is 20.5 Å². The number of hydrazine groups is 1. The lowest BCUT2D eigenvalue weighted by Gasteiger charge is -2.47. The highest BCUT2D eigenvalue weighted by Gasteiger charge is 2.49. The predicted octanol–water partition coefficient (Wildman–Crippen LogP) is 4.59. The number of morpholine rings is 2. The maximum absolute atomic E-state index is 15.8. The molecule has 1 aliphatic carbocycles. The Kier molecular flexibility index (Phi) is 16.2. The topological polar surface area (TPSA) is 162 Å². The molecule has 2 amide bonds. The minimum Gasteiger partial charge on any atom is -0.464 e. The number of cyclic esters (lactones) is 1. The van der Waals surface area contributed by atoms with E-state index in [2.05, 4.69) is 103 Å². The van der Waals surface area contributed by atoms with E-state index >= 15 is 9.59 Å². The molecule has 430 valence electrons. The molecular weight excluding hydrogens is 1000 g/mol. The maximum Gasteiger partial charge on any atom is 0.324 e. The van der Waals surface area contributed by atoms with Crippen LogP contribution in [0.5, 0.6) is 0 Å². The Labute approximate surface area is 467 Å². The second-order valence-corrected chi connectivity index (χ2v) is 25.1. The van der Waals surface area contributed by atoms with Gasteiger partial charge in [-0.3, -0.25) is 44.0 Å². The molecular formula is C60H87N11O8. The van der Waals surface area contributed by atoms with Crippen molar-refractivity contribution in [3.8, 4) is 11.3 Å². The summed E-state index contributed by atoms with van der Waals surface area (Å²) in [5, 5.41) is 6.18. The third kappa shape index (κ3) is 11.2. The largest absolute Gasteiger partial charge is 0.464 e. The first-order valence-electron chi connectivity index (χ1n) is 30.0. The fourth-order valence-electron chi connectivity index (χ4n) is 14.5. The van der Waals surface area contributed by atoms with Crippen LogP contribution in [-0.2, 0) is 44.5 Å². The van der Waals surface area contributed by atoms with Gasteiger partial charge in [0, 0.05) is 113 Å². The van der Waals surface area contributed by atoms with E-state index in [4.69, 9.17) is 28.7 Å². The molecule has 1 saturated carbocycles. The predicted molar refractivity (Wildman–Crippen MR) is 303 cm³/mol. The molecule has 19 heteroatoms. The molecule has 1 aromatic carbocycles. The van der Waals surface area contributed by atoms with Gasteiger partial charge in [0.1, 0.15) is 12.1 Å². The zero-order valence-corrected chi connectivity index (χ0v) is 47.6. The second-order valence-electron chi connectivity index (χ2n) is 25.1. The van der Waals surface area contributed by atoms with Gasteiger partial charge < -0.3 is 43.4 Å². The van der Waals surface area contributed by atoms with Crippen LogP contribution in [0.3, 0.4) is 0 Å². The molecule has 8 fully saturated rings. The first kappa shape index (κ1) is 54.9. The lowest BCUT2D eigenvalue weighted by molar-refractivity contribution is -0.157. The summed E-state index contributed by atoms with van der Waals surface area (Å²) in [7, 11) is 1.74. The van der Waals surface area contributed by atoms with Crippen LogP contribution in [-0.4, -0.2) is 220 Å². The van der Waals surface area contributed by atoms with Crippen LogP contribution in [0.25, 0.3) is 28.4 Å². The smallest absolute Gasteiger partial charge is 0.324 e. The summed E-state index contributed by atoms with van der Waals surface area (Å²) < 4.78 is 33.3. The third-order valence-electron chi connectivity index (χ3n) is 19.3. The number of carbonyl (C=O) groups excluding carboxylic acids is 3. The van der Waals surface area contributed by atoms with Crippen LogP contribution >= 0.6 is 0 Å². The van der Waals surface area contributed by atoms with Gasteiger partial charge in [-0.25, -0.2) is 5.43 Å². The van der Waals surface area contributed by atoms with Crippen LogP contribution in [0.2, 0.25) is 0 Å². The SMILES string of the molecule is C=Cn1c(-c2cc(N3CCN(C4CC4)CC3)cnc2[C@H](C)OC)c2c3cc(ccc31)N1CCO[C@H](C1)[C@@H](N1CCOCC1)[C@H](NC(=O)[C@@H]1C(C)C3CCCCN1CN(C1COC1)C3)C(=O)N1CCC[C@H](N1)C(=O)OCC(C)(C)C2. The fourth-order valence-corrected chi connectivity index (χ4v) is 14.5. The van der Waals surface area contributed by atoms with Crippen molar-refractivity contribution in [2.24, 2.45) is 17.3 Å². The molecule has 19 nitrogen and oxygen atoms in total. The van der Waals surface area contributed by atoms with Gasteiger partial charge in [-0.2, -0.15) is 0 Å². The van der Waals surface area contributed by atoms with Gasteiger partial charge in [0.25, 0.3) is 5.91 Å². The van der Waals surface area contributed by atoms with Gasteiger partial charge >= 0.3 is 5.97 Å². The quantitative estimate of drug-likeness (QED) is 0.271. The van der Waals surface area contributed by atoms with Crippen molar-refractivity contribution in [2.45, 2.75) is 128 Å². The van der Waals surface area contributed by atoms with Gasteiger partial charge in [0.2, 0.25) is 5.91 Å². The van der Waals surface area contributed by atoms with Crippen molar-refractivity contribution in [1.82, 2.24) is 44.9 Å². The van der Waals surface area contributed by atoms with E-state index in [1.165, 1.54) is 12.8 Å². The molecule has 79 heavy (non-hydrogen) atoms. The number of ether oxygens (including phenoxy) is 5. The number of methoxy groups -OCH3 is 1. The van der Waals surface area contributed by atoms with E-state index in [1.807, 2.05) is 12.4 Å². The number of hydrogen-bond donors (Lipinski definition) is 2. The minimum atomic E-state index is -1.01. The number of aromatic nitrogens is 2. The van der Waals surface area contributed by atoms with E-state index in [9.17, 15) is 4.79 Å². The minimum absolute atomic E-state index is 0.0552. The molecule has 12 rings (SSSR count). The summed E-state index contributed by atoms with van der Waals surface area (Å²) in [6.07, 6.45) is 10.6. The number of hydrogen-bond acceptors (Lipinski definition) is 16. The average molecular weight is 1090 g/mol.